The summed E-state index contributed by atoms with van der Waals surface area (Å²) < 4.78 is 2.95. The van der Waals surface area contributed by atoms with Gasteiger partial charge in [-0.1, -0.05) is 29.8 Å². The third kappa shape index (κ3) is 1.93. The monoisotopic (exact) mass is 320 g/mol. The van der Waals surface area contributed by atoms with E-state index >= 15 is 0 Å². The molecule has 1 aromatic carbocycles. The Bertz CT molecular complexity index is 716. The number of fused-ring (bicyclic) bond motifs is 1. The van der Waals surface area contributed by atoms with Crippen molar-refractivity contribution in [2.24, 2.45) is 0 Å². The molecular formula is C14H10BrClN2. The van der Waals surface area contributed by atoms with Gasteiger partial charge in [0.25, 0.3) is 0 Å². The first-order valence-corrected chi connectivity index (χ1v) is 6.72. The predicted molar refractivity (Wildman–Crippen MR) is 78.1 cm³/mol. The van der Waals surface area contributed by atoms with Crippen LogP contribution < -0.4 is 0 Å². The smallest absolute Gasteiger partial charge is 0.132 e. The Balaban J connectivity index is 2.18. The van der Waals surface area contributed by atoms with Gasteiger partial charge >= 0.3 is 0 Å². The molecular weight excluding hydrogens is 312 g/mol. The molecule has 2 nitrogen and oxygen atoms in total. The summed E-state index contributed by atoms with van der Waals surface area (Å²) in [4.78, 5) is 4.40. The number of benzene rings is 1. The normalized spacial score (nSPS) is 11.1. The van der Waals surface area contributed by atoms with Crippen molar-refractivity contribution < 1.29 is 0 Å². The summed E-state index contributed by atoms with van der Waals surface area (Å²) in [6.45, 7) is 1.99. The second-order valence-corrected chi connectivity index (χ2v) is 5.32. The minimum absolute atomic E-state index is 0.751. The maximum Gasteiger partial charge on any atom is 0.132 e. The molecule has 0 atom stereocenters. The van der Waals surface area contributed by atoms with Crippen LogP contribution in [0.5, 0.6) is 0 Å². The van der Waals surface area contributed by atoms with Crippen LogP contribution in [0, 0.1) is 6.92 Å². The lowest BCUT2D eigenvalue weighted by atomic mass is 10.1. The largest absolute Gasteiger partial charge is 0.302 e. The van der Waals surface area contributed by atoms with Gasteiger partial charge in [-0.05, 0) is 52.2 Å². The van der Waals surface area contributed by atoms with Gasteiger partial charge in [-0.2, -0.15) is 0 Å². The topological polar surface area (TPSA) is 17.3 Å². The van der Waals surface area contributed by atoms with Crippen molar-refractivity contribution in [2.45, 2.75) is 6.92 Å². The number of halogens is 2. The Morgan fingerprint density at radius 1 is 1.06 bits per heavy atom. The molecule has 18 heavy (non-hydrogen) atoms. The Kier molecular flexibility index (Phi) is 2.88. The summed E-state index contributed by atoms with van der Waals surface area (Å²) in [7, 11) is 0. The minimum atomic E-state index is 0.751. The van der Waals surface area contributed by atoms with Gasteiger partial charge in [0.1, 0.15) is 10.4 Å². The fraction of sp³-hybridized carbons (Fsp3) is 0.0714. The first-order chi connectivity index (χ1) is 8.65. The molecule has 0 unspecified atom stereocenters. The van der Waals surface area contributed by atoms with Gasteiger partial charge in [0.05, 0.1) is 5.52 Å². The third-order valence-electron chi connectivity index (χ3n) is 2.95. The van der Waals surface area contributed by atoms with Crippen molar-refractivity contribution in [3.8, 4) is 11.1 Å². The molecule has 0 aliphatic heterocycles. The van der Waals surface area contributed by atoms with E-state index in [-0.39, 0.29) is 0 Å². The SMILES string of the molecule is Cc1nc(Br)c2ccc(-c3ccc(Cl)cc3)cn12. The highest BCUT2D eigenvalue weighted by atomic mass is 79.9. The first-order valence-electron chi connectivity index (χ1n) is 5.55. The van der Waals surface area contributed by atoms with Crippen LogP contribution in [0.2, 0.25) is 5.02 Å². The van der Waals surface area contributed by atoms with E-state index in [1.54, 1.807) is 0 Å². The van der Waals surface area contributed by atoms with Crippen molar-refractivity contribution >= 4 is 33.0 Å². The van der Waals surface area contributed by atoms with Crippen molar-refractivity contribution in [3.05, 3.63) is 58.0 Å². The molecule has 0 N–H and O–H groups in total. The molecule has 0 aliphatic rings. The average Bonchev–Trinajstić information content (AvgIpc) is 2.66. The van der Waals surface area contributed by atoms with Gasteiger partial charge < -0.3 is 4.40 Å². The summed E-state index contributed by atoms with van der Waals surface area (Å²) in [5.74, 6) is 0.965. The third-order valence-corrected chi connectivity index (χ3v) is 3.78. The van der Waals surface area contributed by atoms with Gasteiger partial charge in [-0.15, -0.1) is 0 Å². The van der Waals surface area contributed by atoms with E-state index in [9.17, 15) is 0 Å². The van der Waals surface area contributed by atoms with Crippen LogP contribution >= 0.6 is 27.5 Å². The average molecular weight is 322 g/mol. The molecule has 0 amide bonds. The quantitative estimate of drug-likeness (QED) is 0.633. The molecule has 4 heteroatoms. The molecule has 0 saturated heterocycles. The number of aryl methyl sites for hydroxylation is 1. The number of pyridine rings is 1. The van der Waals surface area contributed by atoms with Crippen LogP contribution in [0.25, 0.3) is 16.6 Å². The second kappa shape index (κ2) is 4.41. The van der Waals surface area contributed by atoms with Crippen molar-refractivity contribution in [3.63, 3.8) is 0 Å². The lowest BCUT2D eigenvalue weighted by Crippen LogP contribution is -1.89. The number of rotatable bonds is 1. The van der Waals surface area contributed by atoms with Gasteiger partial charge in [-0.25, -0.2) is 4.98 Å². The fourth-order valence-electron chi connectivity index (χ4n) is 2.00. The standard InChI is InChI=1S/C14H10BrClN2/c1-9-17-14(15)13-7-4-11(8-18(9)13)10-2-5-12(16)6-3-10/h2-8H,1H3. The van der Waals surface area contributed by atoms with Crippen molar-refractivity contribution in [2.75, 3.05) is 0 Å². The maximum atomic E-state index is 5.90. The van der Waals surface area contributed by atoms with Crippen LogP contribution in [-0.2, 0) is 0 Å². The van der Waals surface area contributed by atoms with E-state index in [0.717, 1.165) is 32.1 Å². The zero-order valence-corrected chi connectivity index (χ0v) is 12.0. The first kappa shape index (κ1) is 11.8. The van der Waals surface area contributed by atoms with Crippen LogP contribution in [0.4, 0.5) is 0 Å². The Hall–Kier alpha value is -1.32. The zero-order chi connectivity index (χ0) is 12.7. The molecule has 0 radical (unpaired) electrons. The predicted octanol–water partition coefficient (Wildman–Crippen LogP) is 4.73. The Morgan fingerprint density at radius 3 is 2.44 bits per heavy atom. The van der Waals surface area contributed by atoms with E-state index < -0.39 is 0 Å². The summed E-state index contributed by atoms with van der Waals surface area (Å²) >= 11 is 9.36. The zero-order valence-electron chi connectivity index (χ0n) is 9.69. The van der Waals surface area contributed by atoms with Crippen LogP contribution in [0.1, 0.15) is 5.82 Å². The number of nitrogens with zero attached hydrogens (tertiary/aromatic N) is 2. The maximum absolute atomic E-state index is 5.90. The molecule has 3 rings (SSSR count). The van der Waals surface area contributed by atoms with Crippen molar-refractivity contribution in [1.29, 1.82) is 0 Å². The summed E-state index contributed by atoms with van der Waals surface area (Å²) in [5.41, 5.74) is 3.36. The molecule has 0 bridgehead atoms. The van der Waals surface area contributed by atoms with E-state index in [1.807, 2.05) is 31.2 Å². The lowest BCUT2D eigenvalue weighted by Gasteiger charge is -2.04. The Morgan fingerprint density at radius 2 is 1.72 bits per heavy atom. The number of hydrogen-bond acceptors (Lipinski definition) is 1. The molecule has 3 aromatic rings. The van der Waals surface area contributed by atoms with Gasteiger partial charge in [-0.3, -0.25) is 0 Å². The van der Waals surface area contributed by atoms with Crippen LogP contribution in [-0.4, -0.2) is 9.38 Å². The lowest BCUT2D eigenvalue weighted by molar-refractivity contribution is 1.04. The highest BCUT2D eigenvalue weighted by Crippen LogP contribution is 2.25. The highest BCUT2D eigenvalue weighted by molar-refractivity contribution is 9.10. The van der Waals surface area contributed by atoms with Crippen molar-refractivity contribution in [1.82, 2.24) is 9.38 Å². The molecule has 2 heterocycles. The molecule has 2 aromatic heterocycles. The van der Waals surface area contributed by atoms with Gasteiger partial charge in [0.15, 0.2) is 0 Å². The van der Waals surface area contributed by atoms with E-state index in [4.69, 9.17) is 11.6 Å². The van der Waals surface area contributed by atoms with E-state index in [1.165, 1.54) is 0 Å². The van der Waals surface area contributed by atoms with Gasteiger partial charge in [0, 0.05) is 11.2 Å². The summed E-state index contributed by atoms with van der Waals surface area (Å²) in [5, 5.41) is 0.751. The van der Waals surface area contributed by atoms with Crippen LogP contribution in [0.15, 0.2) is 47.2 Å². The fourth-order valence-corrected chi connectivity index (χ4v) is 2.71. The summed E-state index contributed by atoms with van der Waals surface area (Å²) in [6.07, 6.45) is 2.09. The van der Waals surface area contributed by atoms with E-state index in [2.05, 4.69) is 43.6 Å². The van der Waals surface area contributed by atoms with Crippen LogP contribution in [0.3, 0.4) is 0 Å². The highest BCUT2D eigenvalue weighted by Gasteiger charge is 2.06. The van der Waals surface area contributed by atoms with Gasteiger partial charge in [0.2, 0.25) is 0 Å². The van der Waals surface area contributed by atoms with E-state index in [0.29, 0.717) is 0 Å². The number of imidazole rings is 1. The Labute approximate surface area is 118 Å². The molecule has 0 fully saturated rings. The second-order valence-electron chi connectivity index (χ2n) is 4.13. The summed E-state index contributed by atoms with van der Waals surface area (Å²) in [6, 6.07) is 12.0. The number of hydrogen-bond donors (Lipinski definition) is 0. The molecule has 0 aliphatic carbocycles. The minimum Gasteiger partial charge on any atom is -0.302 e. The molecule has 90 valence electrons. The number of aromatic nitrogens is 2. The molecule has 0 saturated carbocycles. The molecule has 0 spiro atoms.